The van der Waals surface area contributed by atoms with E-state index >= 15 is 0 Å². The molecule has 1 fully saturated rings. The molecule has 1 amide bonds. The van der Waals surface area contributed by atoms with Gasteiger partial charge >= 0.3 is 0 Å². The first-order chi connectivity index (χ1) is 14.4. The molecule has 0 N–H and O–H groups in total. The van der Waals surface area contributed by atoms with E-state index in [1.165, 1.54) is 10.4 Å². The van der Waals surface area contributed by atoms with Crippen molar-refractivity contribution in [2.75, 3.05) is 38.1 Å². The molecule has 0 aromatic heterocycles. The lowest BCUT2D eigenvalue weighted by Gasteiger charge is -2.39. The summed E-state index contributed by atoms with van der Waals surface area (Å²) in [7, 11) is -1.79. The number of hydrogen-bond donors (Lipinski definition) is 0. The van der Waals surface area contributed by atoms with Gasteiger partial charge in [-0.15, -0.1) is 0 Å². The zero-order chi connectivity index (χ0) is 21.7. The fraction of sp³-hybridized carbons (Fsp3) is 0.435. The van der Waals surface area contributed by atoms with Gasteiger partial charge in [-0.25, -0.2) is 8.42 Å². The average molecular weight is 430 g/mol. The third-order valence-corrected chi connectivity index (χ3v) is 7.86. The van der Waals surface area contributed by atoms with Crippen LogP contribution in [0.3, 0.4) is 0 Å². The van der Waals surface area contributed by atoms with Gasteiger partial charge in [0.05, 0.1) is 4.90 Å². The van der Waals surface area contributed by atoms with Crippen LogP contribution in [0.1, 0.15) is 37.0 Å². The SMILES string of the molecule is CCN(CC)S(=O)(=O)c1cccc(C(=O)N(C)C2CCCN(c3ccccc3)C2)c1. The number of nitrogens with zero attached hydrogens (tertiary/aromatic N) is 3. The number of benzene rings is 2. The Labute approximate surface area is 180 Å². The molecule has 3 rings (SSSR count). The van der Waals surface area contributed by atoms with Crippen LogP contribution < -0.4 is 4.90 Å². The van der Waals surface area contributed by atoms with Gasteiger partial charge in [0.2, 0.25) is 10.0 Å². The van der Waals surface area contributed by atoms with Crippen molar-refractivity contribution >= 4 is 21.6 Å². The fourth-order valence-corrected chi connectivity index (χ4v) is 5.52. The van der Waals surface area contributed by atoms with E-state index in [9.17, 15) is 13.2 Å². The Morgan fingerprint density at radius 3 is 2.43 bits per heavy atom. The van der Waals surface area contributed by atoms with Gasteiger partial charge in [-0.2, -0.15) is 4.31 Å². The maximum Gasteiger partial charge on any atom is 0.253 e. The standard InChI is InChI=1S/C23H31N3O3S/c1-4-26(5-2)30(28,29)22-15-9-11-19(17-22)23(27)24(3)21-14-10-16-25(18-21)20-12-7-6-8-13-20/h6-9,11-13,15,17,21H,4-5,10,14,16,18H2,1-3H3. The van der Waals surface area contributed by atoms with E-state index in [4.69, 9.17) is 0 Å². The summed E-state index contributed by atoms with van der Waals surface area (Å²) in [6, 6.07) is 16.7. The minimum atomic E-state index is -3.60. The van der Waals surface area contributed by atoms with Gasteiger partial charge in [0.25, 0.3) is 5.91 Å². The first kappa shape index (κ1) is 22.3. The van der Waals surface area contributed by atoms with Crippen LogP contribution >= 0.6 is 0 Å². The summed E-state index contributed by atoms with van der Waals surface area (Å²) >= 11 is 0. The highest BCUT2D eigenvalue weighted by Gasteiger charge is 2.28. The number of piperidine rings is 1. The monoisotopic (exact) mass is 429 g/mol. The molecule has 7 heteroatoms. The predicted molar refractivity (Wildman–Crippen MR) is 120 cm³/mol. The summed E-state index contributed by atoms with van der Waals surface area (Å²) in [6.45, 7) is 6.16. The molecule has 1 aliphatic heterocycles. The van der Waals surface area contributed by atoms with Crippen molar-refractivity contribution in [1.82, 2.24) is 9.21 Å². The van der Waals surface area contributed by atoms with E-state index in [1.807, 2.05) is 39.1 Å². The smallest absolute Gasteiger partial charge is 0.253 e. The Morgan fingerprint density at radius 2 is 1.77 bits per heavy atom. The molecule has 1 aliphatic rings. The summed E-state index contributed by atoms with van der Waals surface area (Å²) in [5.74, 6) is -0.147. The third-order valence-electron chi connectivity index (χ3n) is 5.81. The number of para-hydroxylation sites is 1. The number of carbonyl (C=O) groups excluding carboxylic acids is 1. The van der Waals surface area contributed by atoms with Crippen molar-refractivity contribution in [2.24, 2.45) is 0 Å². The largest absolute Gasteiger partial charge is 0.369 e. The van der Waals surface area contributed by atoms with E-state index < -0.39 is 10.0 Å². The number of amides is 1. The first-order valence-electron chi connectivity index (χ1n) is 10.6. The number of hydrogen-bond acceptors (Lipinski definition) is 4. The normalized spacial score (nSPS) is 17.2. The Morgan fingerprint density at radius 1 is 1.07 bits per heavy atom. The number of carbonyl (C=O) groups is 1. The van der Waals surface area contributed by atoms with Crippen LogP contribution in [-0.4, -0.2) is 62.8 Å². The maximum atomic E-state index is 13.2. The van der Waals surface area contributed by atoms with Crippen LogP contribution in [0.5, 0.6) is 0 Å². The molecule has 1 unspecified atom stereocenters. The Bertz CT molecular complexity index is 959. The Kier molecular flexibility index (Phi) is 7.15. The molecule has 1 saturated heterocycles. The lowest BCUT2D eigenvalue weighted by Crippen LogP contribution is -2.48. The fourth-order valence-electron chi connectivity index (χ4n) is 4.02. The highest BCUT2D eigenvalue weighted by Crippen LogP contribution is 2.24. The highest BCUT2D eigenvalue weighted by atomic mass is 32.2. The molecule has 2 aromatic rings. The van der Waals surface area contributed by atoms with E-state index in [2.05, 4.69) is 17.0 Å². The number of likely N-dealkylation sites (N-methyl/N-ethyl adjacent to an activating group) is 1. The van der Waals surface area contributed by atoms with Crippen LogP contribution in [0.2, 0.25) is 0 Å². The topological polar surface area (TPSA) is 60.9 Å². The number of anilines is 1. The Balaban J connectivity index is 1.78. The molecule has 0 radical (unpaired) electrons. The zero-order valence-electron chi connectivity index (χ0n) is 18.0. The first-order valence-corrected chi connectivity index (χ1v) is 12.0. The molecule has 1 heterocycles. The van der Waals surface area contributed by atoms with E-state index in [0.717, 1.165) is 31.6 Å². The minimum absolute atomic E-state index is 0.0782. The molecule has 6 nitrogen and oxygen atoms in total. The zero-order valence-corrected chi connectivity index (χ0v) is 18.8. The molecule has 162 valence electrons. The molecule has 0 bridgehead atoms. The van der Waals surface area contributed by atoms with Gasteiger partial charge in [0.1, 0.15) is 0 Å². The molecule has 1 atom stereocenters. The minimum Gasteiger partial charge on any atom is -0.369 e. The second kappa shape index (κ2) is 9.62. The van der Waals surface area contributed by atoms with Crippen LogP contribution in [0, 0.1) is 0 Å². The van der Waals surface area contributed by atoms with E-state index in [0.29, 0.717) is 18.7 Å². The van der Waals surface area contributed by atoms with Crippen molar-refractivity contribution in [3.63, 3.8) is 0 Å². The molecule has 0 aliphatic carbocycles. The van der Waals surface area contributed by atoms with Crippen molar-refractivity contribution < 1.29 is 13.2 Å². The molecular weight excluding hydrogens is 398 g/mol. The van der Waals surface area contributed by atoms with Crippen molar-refractivity contribution in [3.8, 4) is 0 Å². The van der Waals surface area contributed by atoms with E-state index in [-0.39, 0.29) is 16.8 Å². The predicted octanol–water partition coefficient (Wildman–Crippen LogP) is 3.46. The van der Waals surface area contributed by atoms with Gasteiger partial charge in [-0.3, -0.25) is 4.79 Å². The molecule has 0 saturated carbocycles. The van der Waals surface area contributed by atoms with Crippen LogP contribution in [-0.2, 0) is 10.0 Å². The van der Waals surface area contributed by atoms with Crippen molar-refractivity contribution in [1.29, 1.82) is 0 Å². The van der Waals surface area contributed by atoms with Crippen LogP contribution in [0.15, 0.2) is 59.5 Å². The molecule has 0 spiro atoms. The lowest BCUT2D eigenvalue weighted by atomic mass is 10.0. The summed E-state index contributed by atoms with van der Waals surface area (Å²) in [5.41, 5.74) is 1.57. The van der Waals surface area contributed by atoms with Gasteiger partial charge in [0.15, 0.2) is 0 Å². The Hall–Kier alpha value is -2.38. The summed E-state index contributed by atoms with van der Waals surface area (Å²) in [5, 5.41) is 0. The van der Waals surface area contributed by atoms with Crippen molar-refractivity contribution in [3.05, 3.63) is 60.2 Å². The molecule has 2 aromatic carbocycles. The van der Waals surface area contributed by atoms with Gasteiger partial charge in [-0.05, 0) is 43.2 Å². The maximum absolute atomic E-state index is 13.2. The summed E-state index contributed by atoms with van der Waals surface area (Å²) in [6.07, 6.45) is 1.94. The second-order valence-electron chi connectivity index (χ2n) is 7.61. The van der Waals surface area contributed by atoms with Crippen LogP contribution in [0.25, 0.3) is 0 Å². The third kappa shape index (κ3) is 4.68. The lowest BCUT2D eigenvalue weighted by molar-refractivity contribution is 0.0717. The summed E-state index contributed by atoms with van der Waals surface area (Å²) < 4.78 is 27.1. The van der Waals surface area contributed by atoms with E-state index in [1.54, 1.807) is 23.1 Å². The molecule has 30 heavy (non-hydrogen) atoms. The van der Waals surface area contributed by atoms with Crippen LogP contribution in [0.4, 0.5) is 5.69 Å². The van der Waals surface area contributed by atoms with Crippen molar-refractivity contribution in [2.45, 2.75) is 37.6 Å². The second-order valence-corrected chi connectivity index (χ2v) is 9.55. The molecular formula is C23H31N3O3S. The van der Waals surface area contributed by atoms with Gasteiger partial charge in [0, 0.05) is 50.5 Å². The quantitative estimate of drug-likeness (QED) is 0.676. The summed E-state index contributed by atoms with van der Waals surface area (Å²) in [4.78, 5) is 17.4. The number of rotatable bonds is 7. The number of sulfonamides is 1. The highest BCUT2D eigenvalue weighted by molar-refractivity contribution is 7.89. The van der Waals surface area contributed by atoms with Gasteiger partial charge < -0.3 is 9.80 Å². The van der Waals surface area contributed by atoms with Gasteiger partial charge in [-0.1, -0.05) is 38.1 Å². The average Bonchev–Trinajstić information content (AvgIpc) is 2.79.